The molecule has 1 unspecified atom stereocenters. The Bertz CT molecular complexity index is 384. The highest BCUT2D eigenvalue weighted by Crippen LogP contribution is 2.31. The van der Waals surface area contributed by atoms with Crippen molar-refractivity contribution in [3.05, 3.63) is 17.0 Å². The lowest BCUT2D eigenvalue weighted by atomic mass is 9.87. The van der Waals surface area contributed by atoms with Gasteiger partial charge in [0.05, 0.1) is 0 Å². The van der Waals surface area contributed by atoms with Gasteiger partial charge in [-0.1, -0.05) is 38.3 Å². The van der Waals surface area contributed by atoms with Gasteiger partial charge < -0.3 is 4.90 Å². The highest BCUT2D eigenvalue weighted by atomic mass is 35.5. The summed E-state index contributed by atoms with van der Waals surface area (Å²) in [6, 6.07) is 1.88. The van der Waals surface area contributed by atoms with Gasteiger partial charge in [0.25, 0.3) is 0 Å². The Morgan fingerprint density at radius 1 is 1.39 bits per heavy atom. The van der Waals surface area contributed by atoms with Gasteiger partial charge in [-0.15, -0.1) is 0 Å². The van der Waals surface area contributed by atoms with Crippen molar-refractivity contribution >= 4 is 17.4 Å². The molecule has 1 atom stereocenters. The molecule has 0 saturated carbocycles. The van der Waals surface area contributed by atoms with E-state index in [1.807, 2.05) is 13.0 Å². The smallest absolute Gasteiger partial charge is 0.134 e. The van der Waals surface area contributed by atoms with Crippen molar-refractivity contribution in [2.75, 3.05) is 18.0 Å². The number of halogens is 1. The van der Waals surface area contributed by atoms with Crippen molar-refractivity contribution in [2.24, 2.45) is 11.8 Å². The predicted molar refractivity (Wildman–Crippen MR) is 76.2 cm³/mol. The van der Waals surface area contributed by atoms with Gasteiger partial charge in [0, 0.05) is 19.2 Å². The number of hydrogen-bond acceptors (Lipinski definition) is 3. The van der Waals surface area contributed by atoms with Crippen LogP contribution in [0.1, 0.15) is 38.9 Å². The van der Waals surface area contributed by atoms with Crippen molar-refractivity contribution in [3.63, 3.8) is 0 Å². The number of aryl methyl sites for hydroxylation is 1. The number of hydrogen-bond donors (Lipinski definition) is 0. The first-order chi connectivity index (χ1) is 8.63. The van der Waals surface area contributed by atoms with Crippen LogP contribution in [0.15, 0.2) is 6.07 Å². The molecular weight excluding hydrogens is 246 g/mol. The van der Waals surface area contributed by atoms with Gasteiger partial charge in [0.1, 0.15) is 16.8 Å². The Morgan fingerprint density at radius 3 is 2.72 bits per heavy atom. The molecule has 0 amide bonds. The molecule has 1 fully saturated rings. The van der Waals surface area contributed by atoms with Crippen LogP contribution in [-0.4, -0.2) is 23.1 Å². The Hall–Kier alpha value is -0.830. The molecule has 1 aromatic heterocycles. The van der Waals surface area contributed by atoms with Crippen molar-refractivity contribution in [1.29, 1.82) is 0 Å². The molecule has 2 rings (SSSR count). The summed E-state index contributed by atoms with van der Waals surface area (Å²) in [5, 5.41) is 0.545. The van der Waals surface area contributed by atoms with E-state index in [2.05, 4.69) is 28.7 Å². The van der Waals surface area contributed by atoms with Gasteiger partial charge in [-0.2, -0.15) is 0 Å². The first kappa shape index (κ1) is 13.6. The van der Waals surface area contributed by atoms with Gasteiger partial charge in [-0.05, 0) is 25.2 Å². The minimum absolute atomic E-state index is 0.545. The van der Waals surface area contributed by atoms with Crippen molar-refractivity contribution < 1.29 is 0 Å². The first-order valence-corrected chi connectivity index (χ1v) is 7.28. The summed E-state index contributed by atoms with van der Waals surface area (Å²) in [5.41, 5.74) is 0. The van der Waals surface area contributed by atoms with E-state index in [-0.39, 0.29) is 0 Å². The predicted octanol–water partition coefficient (Wildman–Crippen LogP) is 3.70. The van der Waals surface area contributed by atoms with Crippen LogP contribution >= 0.6 is 11.6 Å². The molecule has 1 saturated heterocycles. The topological polar surface area (TPSA) is 29.0 Å². The van der Waals surface area contributed by atoms with Crippen LogP contribution in [0.2, 0.25) is 5.15 Å². The fourth-order valence-corrected chi connectivity index (χ4v) is 3.23. The maximum Gasteiger partial charge on any atom is 0.134 e. The van der Waals surface area contributed by atoms with Crippen LogP contribution in [0.5, 0.6) is 0 Å². The summed E-state index contributed by atoms with van der Waals surface area (Å²) in [5.74, 6) is 3.38. The van der Waals surface area contributed by atoms with Gasteiger partial charge in [0.2, 0.25) is 0 Å². The SMILES string of the molecule is CCC(CC)C1CCN(c2cc(Cl)nc(C)n2)C1. The maximum atomic E-state index is 6.00. The number of anilines is 1. The molecule has 1 aromatic rings. The lowest BCUT2D eigenvalue weighted by Gasteiger charge is -2.22. The normalized spacial score (nSPS) is 19.8. The molecule has 0 radical (unpaired) electrons. The van der Waals surface area contributed by atoms with Gasteiger partial charge in [-0.3, -0.25) is 0 Å². The van der Waals surface area contributed by atoms with Crippen LogP contribution in [0.25, 0.3) is 0 Å². The first-order valence-electron chi connectivity index (χ1n) is 6.90. The van der Waals surface area contributed by atoms with Gasteiger partial charge >= 0.3 is 0 Å². The fourth-order valence-electron chi connectivity index (χ4n) is 3.01. The molecule has 0 aromatic carbocycles. The monoisotopic (exact) mass is 267 g/mol. The largest absolute Gasteiger partial charge is 0.356 e. The highest BCUT2D eigenvalue weighted by Gasteiger charge is 2.28. The number of aromatic nitrogens is 2. The standard InChI is InChI=1S/C14H22ClN3/c1-4-11(5-2)12-6-7-18(9-12)14-8-13(15)16-10(3)17-14/h8,11-12H,4-7,9H2,1-3H3. The summed E-state index contributed by atoms with van der Waals surface area (Å²) in [4.78, 5) is 11.0. The molecular formula is C14H22ClN3. The second-order valence-corrected chi connectivity index (χ2v) is 5.55. The average molecular weight is 268 g/mol. The summed E-state index contributed by atoms with van der Waals surface area (Å²) in [7, 11) is 0. The zero-order valence-corrected chi connectivity index (χ0v) is 12.2. The Labute approximate surface area is 115 Å². The minimum Gasteiger partial charge on any atom is -0.356 e. The van der Waals surface area contributed by atoms with Crippen molar-refractivity contribution in [3.8, 4) is 0 Å². The lowest BCUT2D eigenvalue weighted by Crippen LogP contribution is -2.23. The number of rotatable bonds is 4. The molecule has 18 heavy (non-hydrogen) atoms. The van der Waals surface area contributed by atoms with E-state index in [4.69, 9.17) is 11.6 Å². The quantitative estimate of drug-likeness (QED) is 0.779. The zero-order valence-electron chi connectivity index (χ0n) is 11.5. The summed E-state index contributed by atoms with van der Waals surface area (Å²) in [6.45, 7) is 8.68. The molecule has 0 bridgehead atoms. The van der Waals surface area contributed by atoms with Crippen LogP contribution in [0, 0.1) is 18.8 Å². The van der Waals surface area contributed by atoms with Crippen molar-refractivity contribution in [2.45, 2.75) is 40.0 Å². The third kappa shape index (κ3) is 2.94. The van der Waals surface area contributed by atoms with E-state index < -0.39 is 0 Å². The molecule has 1 aliphatic rings. The average Bonchev–Trinajstić information content (AvgIpc) is 2.79. The van der Waals surface area contributed by atoms with Crippen LogP contribution < -0.4 is 4.90 Å². The summed E-state index contributed by atoms with van der Waals surface area (Å²) >= 11 is 6.00. The number of nitrogens with zero attached hydrogens (tertiary/aromatic N) is 3. The second-order valence-electron chi connectivity index (χ2n) is 5.17. The van der Waals surface area contributed by atoms with E-state index >= 15 is 0 Å². The molecule has 2 heterocycles. The third-order valence-electron chi connectivity index (χ3n) is 4.06. The van der Waals surface area contributed by atoms with Crippen LogP contribution in [-0.2, 0) is 0 Å². The minimum atomic E-state index is 0.545. The maximum absolute atomic E-state index is 6.00. The van der Waals surface area contributed by atoms with Crippen LogP contribution in [0.4, 0.5) is 5.82 Å². The molecule has 0 spiro atoms. The Balaban J connectivity index is 2.08. The Morgan fingerprint density at radius 2 is 2.11 bits per heavy atom. The fraction of sp³-hybridized carbons (Fsp3) is 0.714. The Kier molecular flexibility index (Phi) is 4.44. The van der Waals surface area contributed by atoms with E-state index in [1.165, 1.54) is 19.3 Å². The summed E-state index contributed by atoms with van der Waals surface area (Å²) < 4.78 is 0. The van der Waals surface area contributed by atoms with Gasteiger partial charge in [-0.25, -0.2) is 9.97 Å². The van der Waals surface area contributed by atoms with E-state index in [1.54, 1.807) is 0 Å². The van der Waals surface area contributed by atoms with Crippen LogP contribution in [0.3, 0.4) is 0 Å². The second kappa shape index (κ2) is 5.87. The highest BCUT2D eigenvalue weighted by molar-refractivity contribution is 6.29. The molecule has 1 aliphatic heterocycles. The molecule has 4 heteroatoms. The van der Waals surface area contributed by atoms with Crippen molar-refractivity contribution in [1.82, 2.24) is 9.97 Å². The summed E-state index contributed by atoms with van der Waals surface area (Å²) in [6.07, 6.45) is 3.82. The van der Waals surface area contributed by atoms with Gasteiger partial charge in [0.15, 0.2) is 0 Å². The molecule has 0 N–H and O–H groups in total. The third-order valence-corrected chi connectivity index (χ3v) is 4.25. The zero-order chi connectivity index (χ0) is 13.1. The van der Waals surface area contributed by atoms with E-state index in [0.717, 1.165) is 36.6 Å². The molecule has 3 nitrogen and oxygen atoms in total. The van der Waals surface area contributed by atoms with E-state index in [9.17, 15) is 0 Å². The lowest BCUT2D eigenvalue weighted by molar-refractivity contribution is 0.339. The van der Waals surface area contributed by atoms with E-state index in [0.29, 0.717) is 5.15 Å². The molecule has 0 aliphatic carbocycles. The molecule has 100 valence electrons.